The van der Waals surface area contributed by atoms with Gasteiger partial charge in [-0.15, -0.1) is 11.3 Å². The van der Waals surface area contributed by atoms with Gasteiger partial charge in [0, 0.05) is 24.3 Å². The van der Waals surface area contributed by atoms with E-state index in [9.17, 15) is 0 Å². The number of hydrogen-bond acceptors (Lipinski definition) is 6. The number of halogens is 1. The molecule has 0 aliphatic carbocycles. The van der Waals surface area contributed by atoms with Crippen LogP contribution in [0, 0.1) is 0 Å². The van der Waals surface area contributed by atoms with E-state index in [2.05, 4.69) is 62.3 Å². The van der Waals surface area contributed by atoms with Gasteiger partial charge in [0.2, 0.25) is 5.95 Å². The molecule has 0 atom stereocenters. The quantitative estimate of drug-likeness (QED) is 0.823. The summed E-state index contributed by atoms with van der Waals surface area (Å²) in [5.74, 6) is 1.39. The summed E-state index contributed by atoms with van der Waals surface area (Å²) in [7, 11) is 0. The molecule has 0 spiro atoms. The van der Waals surface area contributed by atoms with Crippen LogP contribution >= 0.6 is 27.3 Å². The number of hydrogen-bond donors (Lipinski definition) is 2. The minimum Gasteiger partial charge on any atom is -0.358 e. The van der Waals surface area contributed by atoms with E-state index >= 15 is 0 Å². The Morgan fingerprint density at radius 2 is 2.15 bits per heavy atom. The predicted molar refractivity (Wildman–Crippen MR) is 87.3 cm³/mol. The lowest BCUT2D eigenvalue weighted by Gasteiger charge is -2.25. The van der Waals surface area contributed by atoms with Gasteiger partial charge < -0.3 is 10.6 Å². The summed E-state index contributed by atoms with van der Waals surface area (Å²) in [5.41, 5.74) is -0.285. The zero-order chi connectivity index (χ0) is 14.6. The molecule has 0 saturated heterocycles. The van der Waals surface area contributed by atoms with Crippen LogP contribution in [0.25, 0.3) is 0 Å². The molecule has 2 rings (SSSR count). The second-order valence-corrected chi connectivity index (χ2v) is 6.65. The highest BCUT2D eigenvalue weighted by atomic mass is 79.9. The number of thiazole rings is 1. The molecule has 0 aromatic carbocycles. The summed E-state index contributed by atoms with van der Waals surface area (Å²) >= 11 is 5.11. The molecule has 5 nitrogen and oxygen atoms in total. The van der Waals surface area contributed by atoms with E-state index in [1.54, 1.807) is 17.5 Å². The Morgan fingerprint density at radius 3 is 2.80 bits per heavy atom. The largest absolute Gasteiger partial charge is 0.358 e. The SMILES string of the molecule is CCCNc1ncc(Br)c(NC(C)(C)c2nccs2)n1. The summed E-state index contributed by atoms with van der Waals surface area (Å²) in [6, 6.07) is 0. The maximum Gasteiger partial charge on any atom is 0.224 e. The van der Waals surface area contributed by atoms with Crippen molar-refractivity contribution >= 4 is 39.0 Å². The zero-order valence-corrected chi connectivity index (χ0v) is 14.2. The van der Waals surface area contributed by atoms with Gasteiger partial charge in [0.25, 0.3) is 0 Å². The maximum atomic E-state index is 4.50. The fourth-order valence-electron chi connectivity index (χ4n) is 1.66. The highest BCUT2D eigenvalue weighted by Gasteiger charge is 2.24. The van der Waals surface area contributed by atoms with Gasteiger partial charge in [-0.05, 0) is 36.2 Å². The first kappa shape index (κ1) is 15.2. The topological polar surface area (TPSA) is 62.7 Å². The lowest BCUT2D eigenvalue weighted by Crippen LogP contribution is -2.28. The minimum atomic E-state index is -0.285. The van der Waals surface area contributed by atoms with Gasteiger partial charge in [0.1, 0.15) is 10.8 Å². The molecule has 0 aliphatic rings. The maximum absolute atomic E-state index is 4.50. The van der Waals surface area contributed by atoms with Gasteiger partial charge in [-0.3, -0.25) is 0 Å². The molecule has 2 N–H and O–H groups in total. The van der Waals surface area contributed by atoms with Crippen LogP contribution in [0.2, 0.25) is 0 Å². The van der Waals surface area contributed by atoms with Gasteiger partial charge in [0.15, 0.2) is 0 Å². The molecule has 20 heavy (non-hydrogen) atoms. The summed E-state index contributed by atoms with van der Waals surface area (Å²) in [6.07, 6.45) is 4.60. The highest BCUT2D eigenvalue weighted by Crippen LogP contribution is 2.30. The number of rotatable bonds is 6. The van der Waals surface area contributed by atoms with Crippen molar-refractivity contribution in [2.45, 2.75) is 32.7 Å². The summed E-state index contributed by atoms with van der Waals surface area (Å²) in [5, 5.41) is 9.60. The Balaban J connectivity index is 2.19. The molecule has 0 aliphatic heterocycles. The Labute approximate surface area is 131 Å². The van der Waals surface area contributed by atoms with Crippen LogP contribution in [0.4, 0.5) is 11.8 Å². The van der Waals surface area contributed by atoms with E-state index in [0.29, 0.717) is 5.95 Å². The van der Waals surface area contributed by atoms with Crippen molar-refractivity contribution in [3.63, 3.8) is 0 Å². The van der Waals surface area contributed by atoms with Crippen LogP contribution in [0.1, 0.15) is 32.2 Å². The smallest absolute Gasteiger partial charge is 0.224 e. The molecule has 7 heteroatoms. The van der Waals surface area contributed by atoms with Crippen LogP contribution in [0.5, 0.6) is 0 Å². The van der Waals surface area contributed by atoms with Gasteiger partial charge in [0.05, 0.1) is 10.0 Å². The first-order valence-corrected chi connectivity index (χ1v) is 8.14. The van der Waals surface area contributed by atoms with Crippen LogP contribution in [0.15, 0.2) is 22.2 Å². The fourth-order valence-corrected chi connectivity index (χ4v) is 2.67. The molecule has 0 bridgehead atoms. The molecule has 2 aromatic rings. The third-order valence-corrected chi connectivity index (χ3v) is 4.35. The van der Waals surface area contributed by atoms with Crippen molar-refractivity contribution in [1.29, 1.82) is 0 Å². The first-order valence-electron chi connectivity index (χ1n) is 6.47. The predicted octanol–water partition coefficient (Wildman–Crippen LogP) is 3.86. The van der Waals surface area contributed by atoms with E-state index in [-0.39, 0.29) is 5.54 Å². The Kier molecular flexibility index (Phi) is 4.93. The van der Waals surface area contributed by atoms with E-state index in [0.717, 1.165) is 28.3 Å². The van der Waals surface area contributed by atoms with E-state index in [4.69, 9.17) is 0 Å². The molecule has 2 heterocycles. The van der Waals surface area contributed by atoms with Crippen molar-refractivity contribution in [3.8, 4) is 0 Å². The van der Waals surface area contributed by atoms with Crippen molar-refractivity contribution in [1.82, 2.24) is 15.0 Å². The molecule has 0 fully saturated rings. The highest BCUT2D eigenvalue weighted by molar-refractivity contribution is 9.10. The van der Waals surface area contributed by atoms with Crippen molar-refractivity contribution < 1.29 is 0 Å². The Morgan fingerprint density at radius 1 is 1.35 bits per heavy atom. The van der Waals surface area contributed by atoms with Crippen molar-refractivity contribution in [3.05, 3.63) is 27.3 Å². The lowest BCUT2D eigenvalue weighted by molar-refractivity contribution is 0.600. The van der Waals surface area contributed by atoms with Crippen molar-refractivity contribution in [2.24, 2.45) is 0 Å². The Bertz CT molecular complexity index is 556. The molecule has 0 saturated carbocycles. The molecule has 108 valence electrons. The van der Waals surface area contributed by atoms with E-state index in [1.165, 1.54) is 0 Å². The fraction of sp³-hybridized carbons (Fsp3) is 0.462. The van der Waals surface area contributed by atoms with Crippen LogP contribution in [-0.4, -0.2) is 21.5 Å². The van der Waals surface area contributed by atoms with Crippen LogP contribution in [-0.2, 0) is 5.54 Å². The monoisotopic (exact) mass is 355 g/mol. The molecular weight excluding hydrogens is 338 g/mol. The standard InChI is InChI=1S/C13H18BrN5S/c1-4-5-16-12-17-8-9(14)10(18-12)19-13(2,3)11-15-6-7-20-11/h6-8H,4-5H2,1-3H3,(H2,16,17,18,19). The van der Waals surface area contributed by atoms with Gasteiger partial charge in [-0.2, -0.15) is 4.98 Å². The summed E-state index contributed by atoms with van der Waals surface area (Å²) < 4.78 is 0.837. The third-order valence-electron chi connectivity index (χ3n) is 2.68. The van der Waals surface area contributed by atoms with Crippen molar-refractivity contribution in [2.75, 3.05) is 17.2 Å². The first-order chi connectivity index (χ1) is 9.53. The van der Waals surface area contributed by atoms with Gasteiger partial charge in [-0.25, -0.2) is 9.97 Å². The van der Waals surface area contributed by atoms with Crippen LogP contribution < -0.4 is 10.6 Å². The van der Waals surface area contributed by atoms with E-state index in [1.807, 2.05) is 11.6 Å². The molecule has 0 radical (unpaired) electrons. The molecular formula is C13H18BrN5S. The average molecular weight is 356 g/mol. The minimum absolute atomic E-state index is 0.285. The third kappa shape index (κ3) is 3.67. The van der Waals surface area contributed by atoms with E-state index < -0.39 is 0 Å². The zero-order valence-electron chi connectivity index (χ0n) is 11.8. The summed E-state index contributed by atoms with van der Waals surface area (Å²) in [6.45, 7) is 7.13. The Hall–Kier alpha value is -1.21. The van der Waals surface area contributed by atoms with Gasteiger partial charge >= 0.3 is 0 Å². The molecule has 0 unspecified atom stereocenters. The number of anilines is 2. The second kappa shape index (κ2) is 6.49. The number of nitrogens with zero attached hydrogens (tertiary/aromatic N) is 3. The second-order valence-electron chi connectivity index (χ2n) is 4.90. The molecule has 2 aromatic heterocycles. The van der Waals surface area contributed by atoms with Gasteiger partial charge in [-0.1, -0.05) is 6.92 Å². The number of nitrogens with one attached hydrogen (secondary N) is 2. The average Bonchev–Trinajstić information content (AvgIpc) is 2.94. The lowest BCUT2D eigenvalue weighted by atomic mass is 10.1. The molecule has 0 amide bonds. The normalized spacial score (nSPS) is 11.4. The van der Waals surface area contributed by atoms with Crippen LogP contribution in [0.3, 0.4) is 0 Å². The summed E-state index contributed by atoms with van der Waals surface area (Å²) in [4.78, 5) is 13.1. The number of aromatic nitrogens is 3.